The number of nitrogens with zero attached hydrogens (tertiary/aromatic N) is 1. The predicted molar refractivity (Wildman–Crippen MR) is 131 cm³/mol. The van der Waals surface area contributed by atoms with Crippen LogP contribution in [0.5, 0.6) is 5.75 Å². The Bertz CT molecular complexity index is 802. The van der Waals surface area contributed by atoms with Gasteiger partial charge in [-0.25, -0.2) is 4.39 Å². The van der Waals surface area contributed by atoms with E-state index < -0.39 is 11.6 Å². The maximum absolute atomic E-state index is 14.4. The van der Waals surface area contributed by atoms with Gasteiger partial charge >= 0.3 is 0 Å². The first kappa shape index (κ1) is 26.0. The number of ether oxygens (including phenoxy) is 1. The third-order valence-corrected chi connectivity index (χ3v) is 5.68. The molecule has 0 radical (unpaired) electrons. The fourth-order valence-corrected chi connectivity index (χ4v) is 3.64. The van der Waals surface area contributed by atoms with Crippen molar-refractivity contribution in [3.05, 3.63) is 59.2 Å². The van der Waals surface area contributed by atoms with E-state index in [9.17, 15) is 8.78 Å². The van der Waals surface area contributed by atoms with Gasteiger partial charge in [-0.15, -0.1) is 0 Å². The number of hydrogen-bond acceptors (Lipinski definition) is 2. The van der Waals surface area contributed by atoms with Gasteiger partial charge in [0.15, 0.2) is 11.6 Å². The second-order valence-corrected chi connectivity index (χ2v) is 8.49. The number of hydrogen-bond donors (Lipinski definition) is 0. The number of rotatable bonds is 16. The second-order valence-electron chi connectivity index (χ2n) is 8.49. The van der Waals surface area contributed by atoms with Crippen molar-refractivity contribution in [3.8, 4) is 5.75 Å². The topological polar surface area (TPSA) is 21.6 Å². The Morgan fingerprint density at radius 2 is 1.34 bits per heavy atom. The largest absolute Gasteiger partial charge is 0.490 e. The highest BCUT2D eigenvalue weighted by Gasteiger charge is 2.14. The van der Waals surface area contributed by atoms with E-state index in [4.69, 9.17) is 4.74 Å². The fourth-order valence-electron chi connectivity index (χ4n) is 3.64. The summed E-state index contributed by atoms with van der Waals surface area (Å²) in [6.07, 6.45) is 15.7. The first-order valence-electron chi connectivity index (χ1n) is 12.4. The molecular formula is C28H39F2NO. The van der Waals surface area contributed by atoms with Crippen molar-refractivity contribution in [3.63, 3.8) is 0 Å². The normalized spacial score (nSPS) is 11.4. The van der Waals surface area contributed by atoms with Crippen molar-refractivity contribution in [1.82, 2.24) is 0 Å². The molecule has 0 fully saturated rings. The molecule has 2 aromatic rings. The van der Waals surface area contributed by atoms with Crippen LogP contribution in [0.2, 0.25) is 0 Å². The van der Waals surface area contributed by atoms with Gasteiger partial charge in [-0.1, -0.05) is 95.9 Å². The Morgan fingerprint density at radius 1 is 0.719 bits per heavy atom. The standard InChI is InChI=1S/C28H39F2NO/c1-3-5-7-9-11-13-21-32-26-20-19-25(27(29)28(26)30)31-22-24-17-15-23(16-18-24)14-12-10-8-6-4-2/h15-20,22H,3-14,21H2,1-2H3. The van der Waals surface area contributed by atoms with Crippen molar-refractivity contribution in [2.24, 2.45) is 4.99 Å². The summed E-state index contributed by atoms with van der Waals surface area (Å²) in [6.45, 7) is 4.80. The van der Waals surface area contributed by atoms with Gasteiger partial charge in [0, 0.05) is 6.21 Å². The Labute approximate surface area is 193 Å². The quantitative estimate of drug-likeness (QED) is 0.187. The van der Waals surface area contributed by atoms with E-state index in [1.807, 2.05) is 12.1 Å². The predicted octanol–water partition coefficient (Wildman–Crippen LogP) is 8.97. The molecule has 2 rings (SSSR count). The van der Waals surface area contributed by atoms with Gasteiger partial charge in [0.25, 0.3) is 0 Å². The lowest BCUT2D eigenvalue weighted by Gasteiger charge is -2.09. The average Bonchev–Trinajstić information content (AvgIpc) is 2.81. The maximum Gasteiger partial charge on any atom is 0.202 e. The molecule has 4 heteroatoms. The molecule has 0 unspecified atom stereocenters. The van der Waals surface area contributed by atoms with Gasteiger partial charge in [-0.2, -0.15) is 4.39 Å². The Morgan fingerprint density at radius 3 is 2.03 bits per heavy atom. The van der Waals surface area contributed by atoms with E-state index in [0.29, 0.717) is 6.61 Å². The molecule has 0 aliphatic heterocycles. The fraction of sp³-hybridized carbons (Fsp3) is 0.536. The zero-order valence-electron chi connectivity index (χ0n) is 19.8. The summed E-state index contributed by atoms with van der Waals surface area (Å²) < 4.78 is 34.2. The van der Waals surface area contributed by atoms with Gasteiger partial charge in [0.2, 0.25) is 5.82 Å². The Kier molecular flexibility index (Phi) is 12.6. The molecule has 0 saturated heterocycles. The maximum atomic E-state index is 14.4. The third-order valence-electron chi connectivity index (χ3n) is 5.68. The van der Waals surface area contributed by atoms with E-state index >= 15 is 0 Å². The lowest BCUT2D eigenvalue weighted by atomic mass is 10.0. The summed E-state index contributed by atoms with van der Waals surface area (Å²) in [6, 6.07) is 11.0. The van der Waals surface area contributed by atoms with Crippen LogP contribution in [0.25, 0.3) is 0 Å². The molecule has 0 N–H and O–H groups in total. The molecule has 0 spiro atoms. The summed E-state index contributed by atoms with van der Waals surface area (Å²) >= 11 is 0. The van der Waals surface area contributed by atoms with Crippen LogP contribution in [0.15, 0.2) is 41.4 Å². The van der Waals surface area contributed by atoms with Crippen LogP contribution in [-0.4, -0.2) is 12.8 Å². The summed E-state index contributed by atoms with van der Waals surface area (Å²) in [4.78, 5) is 4.15. The molecule has 0 aliphatic carbocycles. The summed E-state index contributed by atoms with van der Waals surface area (Å²) in [5.74, 6) is -1.98. The molecule has 2 aromatic carbocycles. The molecule has 0 atom stereocenters. The Hall–Kier alpha value is -2.23. The van der Waals surface area contributed by atoms with Gasteiger partial charge in [-0.3, -0.25) is 4.99 Å². The molecule has 0 aromatic heterocycles. The van der Waals surface area contributed by atoms with Crippen LogP contribution >= 0.6 is 0 Å². The minimum Gasteiger partial charge on any atom is -0.490 e. The van der Waals surface area contributed by atoms with Crippen LogP contribution in [0, 0.1) is 11.6 Å². The van der Waals surface area contributed by atoms with Gasteiger partial charge < -0.3 is 4.74 Å². The molecule has 0 bridgehead atoms. The molecule has 0 amide bonds. The second kappa shape index (κ2) is 15.6. The van der Waals surface area contributed by atoms with Gasteiger partial charge in [-0.05, 0) is 42.5 Å². The Balaban J connectivity index is 1.82. The smallest absolute Gasteiger partial charge is 0.202 e. The van der Waals surface area contributed by atoms with Crippen molar-refractivity contribution in [2.75, 3.05) is 6.61 Å². The summed E-state index contributed by atoms with van der Waals surface area (Å²) in [5, 5.41) is 0. The van der Waals surface area contributed by atoms with Crippen LogP contribution in [0.4, 0.5) is 14.5 Å². The molecule has 2 nitrogen and oxygen atoms in total. The molecule has 0 saturated carbocycles. The number of halogens is 2. The first-order chi connectivity index (χ1) is 15.7. The molecular weight excluding hydrogens is 404 g/mol. The lowest BCUT2D eigenvalue weighted by Crippen LogP contribution is -2.01. The first-order valence-corrected chi connectivity index (χ1v) is 12.4. The van der Waals surface area contributed by atoms with E-state index in [1.165, 1.54) is 69.1 Å². The summed E-state index contributed by atoms with van der Waals surface area (Å²) in [5.41, 5.74) is 2.14. The van der Waals surface area contributed by atoms with Crippen molar-refractivity contribution < 1.29 is 13.5 Å². The van der Waals surface area contributed by atoms with Crippen molar-refractivity contribution >= 4 is 11.9 Å². The van der Waals surface area contributed by atoms with Crippen molar-refractivity contribution in [2.45, 2.75) is 90.9 Å². The van der Waals surface area contributed by atoms with E-state index in [1.54, 1.807) is 6.21 Å². The van der Waals surface area contributed by atoms with Crippen LogP contribution in [0.1, 0.15) is 95.6 Å². The number of benzene rings is 2. The molecule has 32 heavy (non-hydrogen) atoms. The number of aliphatic imine (C=N–C) groups is 1. The van der Waals surface area contributed by atoms with E-state index in [-0.39, 0.29) is 11.4 Å². The van der Waals surface area contributed by atoms with Gasteiger partial charge in [0.05, 0.1) is 6.61 Å². The van der Waals surface area contributed by atoms with E-state index in [0.717, 1.165) is 31.2 Å². The number of unbranched alkanes of at least 4 members (excludes halogenated alkanes) is 9. The zero-order chi connectivity index (χ0) is 23.0. The van der Waals surface area contributed by atoms with Crippen LogP contribution in [-0.2, 0) is 6.42 Å². The van der Waals surface area contributed by atoms with Crippen LogP contribution in [0.3, 0.4) is 0 Å². The molecule has 0 heterocycles. The average molecular weight is 444 g/mol. The highest BCUT2D eigenvalue weighted by molar-refractivity contribution is 5.82. The SMILES string of the molecule is CCCCCCCCOc1ccc(N=Cc2ccc(CCCCCCC)cc2)c(F)c1F. The van der Waals surface area contributed by atoms with E-state index in [2.05, 4.69) is 31.0 Å². The lowest BCUT2D eigenvalue weighted by molar-refractivity contribution is 0.285. The summed E-state index contributed by atoms with van der Waals surface area (Å²) in [7, 11) is 0. The van der Waals surface area contributed by atoms with Crippen molar-refractivity contribution in [1.29, 1.82) is 0 Å². The van der Waals surface area contributed by atoms with Crippen LogP contribution < -0.4 is 4.74 Å². The molecule has 176 valence electrons. The number of aryl methyl sites for hydroxylation is 1. The van der Waals surface area contributed by atoms with Gasteiger partial charge in [0.1, 0.15) is 5.69 Å². The minimum absolute atomic E-state index is 0.0191. The zero-order valence-corrected chi connectivity index (χ0v) is 19.8. The highest BCUT2D eigenvalue weighted by Crippen LogP contribution is 2.28. The minimum atomic E-state index is -0.968. The monoisotopic (exact) mass is 443 g/mol. The molecule has 0 aliphatic rings. The highest BCUT2D eigenvalue weighted by atomic mass is 19.2. The third kappa shape index (κ3) is 9.50.